The van der Waals surface area contributed by atoms with Gasteiger partial charge in [-0.1, -0.05) is 19.3 Å². The monoisotopic (exact) mass is 444 g/mol. The number of nitrogens with one attached hydrogen (secondary N) is 1. The Bertz CT molecular complexity index is 1080. The summed E-state index contributed by atoms with van der Waals surface area (Å²) in [5, 5.41) is 34.1. The first-order valence-corrected chi connectivity index (χ1v) is 10.8. The van der Waals surface area contributed by atoms with Gasteiger partial charge >= 0.3 is 0 Å². The van der Waals surface area contributed by atoms with Crippen LogP contribution in [0.2, 0.25) is 0 Å². The number of hydrogen-bond donors (Lipinski definition) is 5. The van der Waals surface area contributed by atoms with Crippen molar-refractivity contribution in [2.24, 2.45) is 5.92 Å². The molecule has 4 rings (SSSR count). The number of imidazole rings is 1. The molecule has 1 saturated heterocycles. The summed E-state index contributed by atoms with van der Waals surface area (Å²) < 4.78 is 7.04. The molecule has 1 aliphatic heterocycles. The van der Waals surface area contributed by atoms with Crippen LogP contribution in [0.3, 0.4) is 0 Å². The van der Waals surface area contributed by atoms with E-state index < -0.39 is 36.0 Å². The van der Waals surface area contributed by atoms with Gasteiger partial charge in [-0.25, -0.2) is 15.0 Å². The summed E-state index contributed by atoms with van der Waals surface area (Å²) in [4.78, 5) is 24.9. The molecule has 6 N–H and O–H groups in total. The maximum atomic E-state index is 12.2. The van der Waals surface area contributed by atoms with Crippen LogP contribution >= 0.6 is 0 Å². The van der Waals surface area contributed by atoms with Gasteiger partial charge in [0.2, 0.25) is 5.82 Å². The van der Waals surface area contributed by atoms with Gasteiger partial charge in [0.1, 0.15) is 23.3 Å². The minimum Gasteiger partial charge on any atom is -0.387 e. The SMILES string of the molecule is CCNC(=O)[C@H]1O[C@@H](n2cnc3c(N)nc(C#CC4(O)CCCC(C)C4)nc32)[C@H](O)[C@@H]1O. The quantitative estimate of drug-likeness (QED) is 0.390. The Labute approximate surface area is 185 Å². The van der Waals surface area contributed by atoms with E-state index >= 15 is 0 Å². The van der Waals surface area contributed by atoms with Gasteiger partial charge < -0.3 is 31.1 Å². The highest BCUT2D eigenvalue weighted by Gasteiger charge is 2.47. The lowest BCUT2D eigenvalue weighted by Gasteiger charge is -2.30. The van der Waals surface area contributed by atoms with Crippen LogP contribution in [0.25, 0.3) is 11.2 Å². The summed E-state index contributed by atoms with van der Waals surface area (Å²) in [6.45, 7) is 4.18. The van der Waals surface area contributed by atoms with Crippen LogP contribution in [-0.4, -0.2) is 71.2 Å². The predicted octanol–water partition coefficient (Wildman–Crippen LogP) is -0.543. The van der Waals surface area contributed by atoms with Crippen LogP contribution in [0.1, 0.15) is 51.6 Å². The number of carbonyl (C=O) groups is 1. The fourth-order valence-electron chi connectivity index (χ4n) is 4.37. The van der Waals surface area contributed by atoms with Gasteiger partial charge in [-0.05, 0) is 38.0 Å². The number of ether oxygens (including phenoxy) is 1. The first-order valence-electron chi connectivity index (χ1n) is 10.8. The molecule has 11 nitrogen and oxygen atoms in total. The van der Waals surface area contributed by atoms with Crippen LogP contribution < -0.4 is 11.1 Å². The van der Waals surface area contributed by atoms with Crippen molar-refractivity contribution in [2.45, 2.75) is 69.7 Å². The molecule has 1 aliphatic carbocycles. The predicted molar refractivity (Wildman–Crippen MR) is 114 cm³/mol. The van der Waals surface area contributed by atoms with E-state index in [1.165, 1.54) is 10.9 Å². The first-order chi connectivity index (χ1) is 15.2. The van der Waals surface area contributed by atoms with Crippen molar-refractivity contribution in [2.75, 3.05) is 12.3 Å². The van der Waals surface area contributed by atoms with Gasteiger partial charge in [-0.2, -0.15) is 0 Å². The number of carbonyl (C=O) groups excluding carboxylic acids is 1. The standard InChI is InChI=1S/C21H28N6O5/c1-3-23-19(30)16-14(28)15(29)20(32-16)27-10-24-13-17(22)25-12(26-18(13)27)6-8-21(31)7-4-5-11(2)9-21/h10-11,14-16,20,28-29,31H,3-5,7,9H2,1-2H3,(H,23,30)(H2,22,25,26)/t11?,14-,15+,16-,20+,21?/m0/s1. The number of nitrogens with zero attached hydrogens (tertiary/aromatic N) is 4. The fraction of sp³-hybridized carbons (Fsp3) is 0.619. The van der Waals surface area contributed by atoms with Crippen LogP contribution in [-0.2, 0) is 9.53 Å². The molecule has 2 aromatic heterocycles. The summed E-state index contributed by atoms with van der Waals surface area (Å²) in [5.74, 6) is 5.74. The molecule has 2 fully saturated rings. The van der Waals surface area contributed by atoms with Crippen molar-refractivity contribution in [1.29, 1.82) is 0 Å². The molecule has 0 bridgehead atoms. The third kappa shape index (κ3) is 4.14. The lowest BCUT2D eigenvalue weighted by Crippen LogP contribution is -2.42. The van der Waals surface area contributed by atoms with E-state index in [2.05, 4.69) is 39.0 Å². The van der Waals surface area contributed by atoms with Crippen molar-refractivity contribution in [3.8, 4) is 11.8 Å². The van der Waals surface area contributed by atoms with Gasteiger partial charge in [0.05, 0.1) is 6.33 Å². The number of aliphatic hydroxyl groups excluding tert-OH is 2. The highest BCUT2D eigenvalue weighted by atomic mass is 16.6. The zero-order valence-electron chi connectivity index (χ0n) is 18.0. The van der Waals surface area contributed by atoms with Crippen molar-refractivity contribution < 1.29 is 24.9 Å². The molecule has 0 aromatic carbocycles. The van der Waals surface area contributed by atoms with Gasteiger partial charge in [0.15, 0.2) is 23.8 Å². The number of anilines is 1. The summed E-state index contributed by atoms with van der Waals surface area (Å²) >= 11 is 0. The lowest BCUT2D eigenvalue weighted by molar-refractivity contribution is -0.137. The summed E-state index contributed by atoms with van der Waals surface area (Å²) in [6, 6.07) is 0. The number of rotatable bonds is 3. The molecule has 11 heteroatoms. The van der Waals surface area contributed by atoms with E-state index in [0.717, 1.165) is 12.8 Å². The summed E-state index contributed by atoms with van der Waals surface area (Å²) in [6.07, 6.45) is -0.699. The largest absolute Gasteiger partial charge is 0.387 e. The lowest BCUT2D eigenvalue weighted by atomic mass is 9.79. The molecular weight excluding hydrogens is 416 g/mol. The minimum absolute atomic E-state index is 0.0790. The molecule has 6 atom stereocenters. The van der Waals surface area contributed by atoms with E-state index in [1.807, 2.05) is 0 Å². The summed E-state index contributed by atoms with van der Waals surface area (Å²) in [7, 11) is 0. The second-order valence-corrected chi connectivity index (χ2v) is 8.56. The average Bonchev–Trinajstić information content (AvgIpc) is 3.28. The average molecular weight is 444 g/mol. The van der Waals surface area contributed by atoms with Crippen molar-refractivity contribution in [3.05, 3.63) is 12.2 Å². The van der Waals surface area contributed by atoms with E-state index in [0.29, 0.717) is 25.3 Å². The molecule has 2 aliphatic rings. The van der Waals surface area contributed by atoms with Crippen LogP contribution in [0.4, 0.5) is 5.82 Å². The zero-order valence-corrected chi connectivity index (χ0v) is 18.0. The maximum Gasteiger partial charge on any atom is 0.252 e. The van der Waals surface area contributed by atoms with Gasteiger partial charge in [-0.3, -0.25) is 9.36 Å². The summed E-state index contributed by atoms with van der Waals surface area (Å²) in [5.41, 5.74) is 5.44. The number of nitrogens with two attached hydrogens (primary N) is 1. The molecule has 1 amide bonds. The van der Waals surface area contributed by atoms with Crippen LogP contribution in [0, 0.1) is 17.8 Å². The Kier molecular flexibility index (Phi) is 6.05. The van der Waals surface area contributed by atoms with E-state index in [1.54, 1.807) is 6.92 Å². The molecule has 3 heterocycles. The molecule has 0 radical (unpaired) electrons. The molecule has 172 valence electrons. The van der Waals surface area contributed by atoms with E-state index in [4.69, 9.17) is 10.5 Å². The molecular formula is C21H28N6O5. The van der Waals surface area contributed by atoms with Crippen LogP contribution in [0.5, 0.6) is 0 Å². The van der Waals surface area contributed by atoms with E-state index in [9.17, 15) is 20.1 Å². The normalized spacial score (nSPS) is 32.5. The third-order valence-electron chi connectivity index (χ3n) is 5.95. The number of aromatic nitrogens is 4. The molecule has 1 saturated carbocycles. The molecule has 2 unspecified atom stereocenters. The Morgan fingerprint density at radius 3 is 2.91 bits per heavy atom. The number of hydrogen-bond acceptors (Lipinski definition) is 9. The fourth-order valence-corrected chi connectivity index (χ4v) is 4.37. The Balaban J connectivity index is 1.66. The van der Waals surface area contributed by atoms with E-state index in [-0.39, 0.29) is 22.8 Å². The number of aliphatic hydroxyl groups is 3. The van der Waals surface area contributed by atoms with Crippen molar-refractivity contribution in [1.82, 2.24) is 24.8 Å². The number of fused-ring (bicyclic) bond motifs is 1. The van der Waals surface area contributed by atoms with Gasteiger partial charge in [0, 0.05) is 6.54 Å². The Morgan fingerprint density at radius 2 is 2.19 bits per heavy atom. The second kappa shape index (κ2) is 8.63. The minimum atomic E-state index is -1.43. The topological polar surface area (TPSA) is 169 Å². The van der Waals surface area contributed by atoms with Crippen molar-refractivity contribution in [3.63, 3.8) is 0 Å². The highest BCUT2D eigenvalue weighted by molar-refractivity contribution is 5.83. The molecule has 2 aromatic rings. The third-order valence-corrected chi connectivity index (χ3v) is 5.95. The molecule has 32 heavy (non-hydrogen) atoms. The van der Waals surface area contributed by atoms with Crippen LogP contribution in [0.15, 0.2) is 6.33 Å². The number of amides is 1. The van der Waals surface area contributed by atoms with Gasteiger partial charge in [0.25, 0.3) is 5.91 Å². The highest BCUT2D eigenvalue weighted by Crippen LogP contribution is 2.33. The Hall–Kier alpha value is -2.78. The first kappa shape index (κ1) is 22.4. The Morgan fingerprint density at radius 1 is 1.41 bits per heavy atom. The smallest absolute Gasteiger partial charge is 0.252 e. The second-order valence-electron chi connectivity index (χ2n) is 8.56. The number of likely N-dealkylation sites (N-methyl/N-ethyl adjacent to an activating group) is 1. The zero-order chi connectivity index (χ0) is 23.0. The number of nitrogen functional groups attached to an aromatic ring is 1. The maximum absolute atomic E-state index is 12.2. The van der Waals surface area contributed by atoms with Crippen molar-refractivity contribution >= 4 is 22.9 Å². The molecule has 0 spiro atoms. The van der Waals surface area contributed by atoms with Gasteiger partial charge in [-0.15, -0.1) is 0 Å².